The number of nitrogens with zero attached hydrogens (tertiary/aromatic N) is 3. The summed E-state index contributed by atoms with van der Waals surface area (Å²) in [5, 5.41) is 11.6. The van der Waals surface area contributed by atoms with Crippen LogP contribution >= 0.6 is 15.9 Å². The quantitative estimate of drug-likeness (QED) is 0.309. The number of aromatic nitrogens is 3. The second-order valence-corrected chi connectivity index (χ2v) is 6.48. The van der Waals surface area contributed by atoms with Crippen LogP contribution in [0.5, 0.6) is 0 Å². The zero-order chi connectivity index (χ0) is 18.4. The number of benzene rings is 2. The molecule has 0 spiro atoms. The number of nitrogens with one attached hydrogen (secondary N) is 1. The number of pyridine rings is 1. The van der Waals surface area contributed by atoms with Gasteiger partial charge in [0.1, 0.15) is 0 Å². The molecule has 26 heavy (non-hydrogen) atoms. The van der Waals surface area contributed by atoms with Gasteiger partial charge < -0.3 is 0 Å². The Bertz CT molecular complexity index is 1280. The van der Waals surface area contributed by atoms with E-state index >= 15 is 0 Å². The van der Waals surface area contributed by atoms with Crippen molar-refractivity contribution in [2.75, 3.05) is 0 Å². The molecule has 0 saturated heterocycles. The number of nitro benzene ring substituents is 1. The molecule has 128 valence electrons. The highest BCUT2D eigenvalue weighted by molar-refractivity contribution is 9.10. The fourth-order valence-electron chi connectivity index (χ4n) is 2.87. The first-order chi connectivity index (χ1) is 12.4. The Balaban J connectivity index is 2.22. The summed E-state index contributed by atoms with van der Waals surface area (Å²) in [4.78, 5) is 40.7. The van der Waals surface area contributed by atoms with Gasteiger partial charge in [0, 0.05) is 27.7 Å². The molecule has 0 amide bonds. The number of hydrogen-bond donors (Lipinski definition) is 1. The number of halogens is 1. The zero-order valence-corrected chi connectivity index (χ0v) is 14.6. The van der Waals surface area contributed by atoms with Crippen LogP contribution in [0.15, 0.2) is 62.6 Å². The molecule has 4 rings (SSSR count). The molecule has 9 heteroatoms. The molecule has 2 aromatic carbocycles. The van der Waals surface area contributed by atoms with Gasteiger partial charge in [0.05, 0.1) is 16.0 Å². The molecule has 2 aromatic rings. The summed E-state index contributed by atoms with van der Waals surface area (Å²) in [6.45, 7) is 0. The van der Waals surface area contributed by atoms with E-state index in [0.29, 0.717) is 16.6 Å². The van der Waals surface area contributed by atoms with E-state index in [1.165, 1.54) is 18.2 Å². The lowest BCUT2D eigenvalue weighted by molar-refractivity contribution is -0.384. The molecule has 0 aromatic heterocycles. The van der Waals surface area contributed by atoms with Gasteiger partial charge in [-0.1, -0.05) is 22.0 Å². The fraction of sp³-hybridized carbons (Fsp3) is 0. The number of H-pyrrole nitrogens is 1. The molecule has 0 bridgehead atoms. The molecular weight excluding hydrogens is 404 g/mol. The van der Waals surface area contributed by atoms with Crippen molar-refractivity contribution in [3.63, 3.8) is 0 Å². The summed E-state index contributed by atoms with van der Waals surface area (Å²) < 4.78 is 2.43. The van der Waals surface area contributed by atoms with Crippen molar-refractivity contribution in [2.24, 2.45) is 0 Å². The summed E-state index contributed by atoms with van der Waals surface area (Å²) in [6.07, 6.45) is 0. The minimum atomic E-state index is -0.757. The largest absolute Gasteiger partial charge is 0.349 e. The summed E-state index contributed by atoms with van der Waals surface area (Å²) in [5.41, 5.74) is -0.0512. The lowest BCUT2D eigenvalue weighted by Gasteiger charge is -2.17. The monoisotopic (exact) mass is 412 g/mol. The minimum absolute atomic E-state index is 0.0949. The van der Waals surface area contributed by atoms with Crippen LogP contribution in [0.1, 0.15) is 0 Å². The normalized spacial score (nSPS) is 11.1. The van der Waals surface area contributed by atoms with Crippen LogP contribution in [-0.2, 0) is 0 Å². The van der Waals surface area contributed by atoms with Crippen molar-refractivity contribution in [1.29, 1.82) is 0 Å². The summed E-state index contributed by atoms with van der Waals surface area (Å²) in [7, 11) is 0. The number of fused-ring (bicyclic) bond motifs is 2. The van der Waals surface area contributed by atoms with Crippen molar-refractivity contribution in [3.8, 4) is 17.1 Å². The topological polar surface area (TPSA) is 111 Å². The number of non-ortho nitro benzene ring substituents is 1. The maximum atomic E-state index is 12.3. The third kappa shape index (κ3) is 2.58. The molecule has 0 atom stereocenters. The number of nitro groups is 1. The first-order valence-electron chi connectivity index (χ1n) is 7.44. The van der Waals surface area contributed by atoms with Crippen LogP contribution in [0.2, 0.25) is 0 Å². The summed E-state index contributed by atoms with van der Waals surface area (Å²) in [6, 6.07) is 13.0. The SMILES string of the molecule is O=c1nc2n(-c3cccc(Br)c3)c3ccc([N+](=O)[O-])cc3cc-2c(=O)[nH]1. The standard InChI is InChI=1S/C17H9BrN4O4/c18-10-2-1-3-11(8-10)21-14-5-4-12(22(25)26)6-9(14)7-13-15(21)19-17(24)20-16(13)23/h1-8H,(H,20,23,24). The first kappa shape index (κ1) is 16.2. The van der Waals surface area contributed by atoms with Gasteiger partial charge in [-0.05, 0) is 30.3 Å². The van der Waals surface area contributed by atoms with Gasteiger partial charge in [-0.3, -0.25) is 24.5 Å². The summed E-state index contributed by atoms with van der Waals surface area (Å²) in [5.74, 6) is 0.179. The van der Waals surface area contributed by atoms with Crippen LogP contribution in [0.3, 0.4) is 0 Å². The summed E-state index contributed by atoms with van der Waals surface area (Å²) >= 11 is 3.39. The minimum Gasteiger partial charge on any atom is -0.294 e. The number of hydrogen-bond acceptors (Lipinski definition) is 5. The molecule has 8 nitrogen and oxygen atoms in total. The maximum absolute atomic E-state index is 12.3. The van der Waals surface area contributed by atoms with Gasteiger partial charge in [-0.2, -0.15) is 4.98 Å². The molecule has 0 unspecified atom stereocenters. The van der Waals surface area contributed by atoms with Crippen molar-refractivity contribution in [1.82, 2.24) is 14.5 Å². The molecule has 0 fully saturated rings. The lowest BCUT2D eigenvalue weighted by atomic mass is 10.1. The second kappa shape index (κ2) is 5.88. The average Bonchev–Trinajstić information content (AvgIpc) is 2.59. The van der Waals surface area contributed by atoms with Gasteiger partial charge in [-0.15, -0.1) is 0 Å². The van der Waals surface area contributed by atoms with E-state index in [1.807, 2.05) is 6.07 Å². The van der Waals surface area contributed by atoms with Crippen LogP contribution in [0, 0.1) is 10.1 Å². The van der Waals surface area contributed by atoms with Crippen LogP contribution in [0.25, 0.3) is 28.0 Å². The Kier molecular flexibility index (Phi) is 3.66. The van der Waals surface area contributed by atoms with Gasteiger partial charge in [0.15, 0.2) is 5.82 Å². The van der Waals surface area contributed by atoms with E-state index in [0.717, 1.165) is 4.47 Å². The van der Waals surface area contributed by atoms with Gasteiger partial charge in [0.25, 0.3) is 11.2 Å². The van der Waals surface area contributed by atoms with E-state index in [1.54, 1.807) is 28.8 Å². The van der Waals surface area contributed by atoms with E-state index in [9.17, 15) is 19.7 Å². The smallest absolute Gasteiger partial charge is 0.294 e. The van der Waals surface area contributed by atoms with Crippen LogP contribution < -0.4 is 11.2 Å². The highest BCUT2D eigenvalue weighted by Gasteiger charge is 2.19. The number of rotatable bonds is 2. The average molecular weight is 413 g/mol. The Labute approximate surface area is 153 Å². The first-order valence-corrected chi connectivity index (χ1v) is 8.23. The molecule has 1 N–H and O–H groups in total. The van der Waals surface area contributed by atoms with Crippen molar-refractivity contribution in [2.45, 2.75) is 0 Å². The third-order valence-electron chi connectivity index (χ3n) is 3.95. The molecule has 2 aliphatic rings. The Morgan fingerprint density at radius 1 is 1.12 bits per heavy atom. The molecule has 0 saturated carbocycles. The van der Waals surface area contributed by atoms with Crippen LogP contribution in [0.4, 0.5) is 5.69 Å². The van der Waals surface area contributed by atoms with Gasteiger partial charge in [0.2, 0.25) is 0 Å². The highest BCUT2D eigenvalue weighted by Crippen LogP contribution is 2.30. The molecular formula is C17H9BrN4O4. The van der Waals surface area contributed by atoms with E-state index in [4.69, 9.17) is 0 Å². The van der Waals surface area contributed by atoms with Crippen LogP contribution in [-0.4, -0.2) is 19.5 Å². The Morgan fingerprint density at radius 3 is 2.65 bits per heavy atom. The molecule has 2 heterocycles. The molecule has 0 aliphatic carbocycles. The molecule has 0 radical (unpaired) electrons. The third-order valence-corrected chi connectivity index (χ3v) is 4.45. The van der Waals surface area contributed by atoms with Gasteiger partial charge in [-0.25, -0.2) is 4.79 Å². The predicted molar refractivity (Wildman–Crippen MR) is 98.9 cm³/mol. The van der Waals surface area contributed by atoms with Crippen molar-refractivity contribution in [3.05, 3.63) is 84.0 Å². The Hall–Kier alpha value is -3.33. The van der Waals surface area contributed by atoms with E-state index in [2.05, 4.69) is 25.9 Å². The maximum Gasteiger partial charge on any atom is 0.349 e. The van der Waals surface area contributed by atoms with Crippen molar-refractivity contribution >= 4 is 32.5 Å². The predicted octanol–water partition coefficient (Wildman–Crippen LogP) is 2.85. The highest BCUT2D eigenvalue weighted by atomic mass is 79.9. The zero-order valence-electron chi connectivity index (χ0n) is 13.0. The Morgan fingerprint density at radius 2 is 1.92 bits per heavy atom. The lowest BCUT2D eigenvalue weighted by Crippen LogP contribution is -2.27. The van der Waals surface area contributed by atoms with E-state index < -0.39 is 16.2 Å². The molecule has 2 aliphatic heterocycles. The number of aromatic amines is 1. The fourth-order valence-corrected chi connectivity index (χ4v) is 3.26. The second-order valence-electron chi connectivity index (χ2n) is 5.57. The van der Waals surface area contributed by atoms with E-state index in [-0.39, 0.29) is 17.1 Å². The van der Waals surface area contributed by atoms with Gasteiger partial charge >= 0.3 is 5.69 Å². The van der Waals surface area contributed by atoms with Crippen molar-refractivity contribution < 1.29 is 4.92 Å².